The van der Waals surface area contributed by atoms with Gasteiger partial charge in [0.15, 0.2) is 11.5 Å². The third-order valence-electron chi connectivity index (χ3n) is 6.50. The first-order valence-electron chi connectivity index (χ1n) is 11.6. The minimum atomic E-state index is -0.200. The molecule has 1 amide bonds. The van der Waals surface area contributed by atoms with Crippen LogP contribution in [0.3, 0.4) is 0 Å². The van der Waals surface area contributed by atoms with Crippen molar-refractivity contribution in [3.8, 4) is 11.5 Å². The molecule has 2 aliphatic heterocycles. The molecule has 0 bridgehead atoms. The largest absolute Gasteiger partial charge is 0.454 e. The highest BCUT2D eigenvalue weighted by atomic mass is 19.1. The third-order valence-corrected chi connectivity index (χ3v) is 6.50. The summed E-state index contributed by atoms with van der Waals surface area (Å²) in [6, 6.07) is 20.3. The summed E-state index contributed by atoms with van der Waals surface area (Å²) in [5.41, 5.74) is 3.43. The fourth-order valence-corrected chi connectivity index (χ4v) is 4.56. The molecule has 2 heterocycles. The topological polar surface area (TPSA) is 54.0 Å². The summed E-state index contributed by atoms with van der Waals surface area (Å²) in [6.07, 6.45) is 0. The number of anilines is 1. The standard InChI is InChI=1S/C27H28FN3O3/c1-19-6-8-20(9-7-19)27(32)29-17-24(21-10-11-25-26(16-21)34-18-33-25)31-14-12-30(13-15-31)23-5-3-2-4-22(23)28/h2-11,16,24H,12-15,17-18H2,1H3,(H,29,32). The zero-order valence-corrected chi connectivity index (χ0v) is 19.2. The fraction of sp³-hybridized carbons (Fsp3) is 0.296. The molecule has 0 saturated carbocycles. The fourth-order valence-electron chi connectivity index (χ4n) is 4.56. The van der Waals surface area contributed by atoms with Crippen LogP contribution in [-0.4, -0.2) is 50.3 Å². The van der Waals surface area contributed by atoms with Crippen LogP contribution in [0, 0.1) is 12.7 Å². The van der Waals surface area contributed by atoms with E-state index in [1.807, 2.05) is 61.5 Å². The van der Waals surface area contributed by atoms with Crippen molar-refractivity contribution in [1.29, 1.82) is 0 Å². The number of halogens is 1. The van der Waals surface area contributed by atoms with Crippen LogP contribution in [0.4, 0.5) is 10.1 Å². The average Bonchev–Trinajstić information content (AvgIpc) is 3.33. The summed E-state index contributed by atoms with van der Waals surface area (Å²) in [6.45, 7) is 5.56. The van der Waals surface area contributed by atoms with Crippen molar-refractivity contribution in [1.82, 2.24) is 10.2 Å². The number of carbonyl (C=O) groups is 1. The van der Waals surface area contributed by atoms with Gasteiger partial charge in [0.2, 0.25) is 6.79 Å². The molecule has 34 heavy (non-hydrogen) atoms. The quantitative estimate of drug-likeness (QED) is 0.598. The number of fused-ring (bicyclic) bond motifs is 1. The third kappa shape index (κ3) is 4.70. The Morgan fingerprint density at radius 2 is 1.71 bits per heavy atom. The van der Waals surface area contributed by atoms with Gasteiger partial charge in [-0.15, -0.1) is 0 Å². The maximum Gasteiger partial charge on any atom is 0.251 e. The van der Waals surface area contributed by atoms with Gasteiger partial charge in [0, 0.05) is 38.3 Å². The average molecular weight is 462 g/mol. The van der Waals surface area contributed by atoms with Crippen LogP contribution in [0.2, 0.25) is 0 Å². The van der Waals surface area contributed by atoms with Gasteiger partial charge in [0.1, 0.15) is 5.82 Å². The maximum atomic E-state index is 14.3. The SMILES string of the molecule is Cc1ccc(C(=O)NCC(c2ccc3c(c2)OCO3)N2CCN(c3ccccc3F)CC2)cc1. The number of nitrogens with zero attached hydrogens (tertiary/aromatic N) is 2. The van der Waals surface area contributed by atoms with Crippen molar-refractivity contribution >= 4 is 11.6 Å². The molecule has 1 N–H and O–H groups in total. The predicted octanol–water partition coefficient (Wildman–Crippen LogP) is 4.16. The Hall–Kier alpha value is -3.58. The van der Waals surface area contributed by atoms with Crippen molar-refractivity contribution < 1.29 is 18.7 Å². The Balaban J connectivity index is 1.32. The van der Waals surface area contributed by atoms with Gasteiger partial charge in [-0.1, -0.05) is 35.9 Å². The number of aryl methyl sites for hydroxylation is 1. The lowest BCUT2D eigenvalue weighted by molar-refractivity contribution is 0.0930. The number of carbonyl (C=O) groups excluding carboxylic acids is 1. The van der Waals surface area contributed by atoms with Crippen molar-refractivity contribution in [3.63, 3.8) is 0 Å². The Morgan fingerprint density at radius 3 is 2.47 bits per heavy atom. The van der Waals surface area contributed by atoms with Crippen molar-refractivity contribution in [2.45, 2.75) is 13.0 Å². The lowest BCUT2D eigenvalue weighted by Gasteiger charge is -2.40. The summed E-state index contributed by atoms with van der Waals surface area (Å²) < 4.78 is 25.4. The molecule has 1 atom stereocenters. The second-order valence-electron chi connectivity index (χ2n) is 8.68. The van der Waals surface area contributed by atoms with E-state index < -0.39 is 0 Å². The molecule has 0 aromatic heterocycles. The Kier molecular flexibility index (Phi) is 6.36. The molecule has 3 aromatic carbocycles. The number of benzene rings is 3. The highest BCUT2D eigenvalue weighted by Gasteiger charge is 2.28. The minimum Gasteiger partial charge on any atom is -0.454 e. The van der Waals surface area contributed by atoms with E-state index >= 15 is 0 Å². The van der Waals surface area contributed by atoms with Gasteiger partial charge in [-0.25, -0.2) is 4.39 Å². The van der Waals surface area contributed by atoms with Crippen molar-refractivity contribution in [2.75, 3.05) is 44.4 Å². The summed E-state index contributed by atoms with van der Waals surface area (Å²) in [4.78, 5) is 17.2. The van der Waals surface area contributed by atoms with E-state index in [-0.39, 0.29) is 24.6 Å². The Morgan fingerprint density at radius 1 is 0.971 bits per heavy atom. The molecule has 3 aromatic rings. The predicted molar refractivity (Wildman–Crippen MR) is 129 cm³/mol. The lowest BCUT2D eigenvalue weighted by atomic mass is 10.0. The number of hydrogen-bond acceptors (Lipinski definition) is 5. The first-order chi connectivity index (χ1) is 16.6. The highest BCUT2D eigenvalue weighted by Crippen LogP contribution is 2.36. The van der Waals surface area contributed by atoms with Crippen molar-refractivity contribution in [2.24, 2.45) is 0 Å². The molecule has 176 valence electrons. The Labute approximate surface area is 198 Å². The zero-order chi connectivity index (χ0) is 23.5. The number of nitrogens with one attached hydrogen (secondary N) is 1. The molecule has 0 spiro atoms. The first kappa shape index (κ1) is 22.2. The molecule has 1 saturated heterocycles. The van der Waals surface area contributed by atoms with Crippen LogP contribution < -0.4 is 19.7 Å². The number of piperazine rings is 1. The molecule has 1 unspecified atom stereocenters. The minimum absolute atomic E-state index is 0.0494. The maximum absolute atomic E-state index is 14.3. The molecule has 2 aliphatic rings. The van der Waals surface area contributed by atoms with Crippen LogP contribution in [0.1, 0.15) is 27.5 Å². The molecule has 6 nitrogen and oxygen atoms in total. The van der Waals surface area contributed by atoms with E-state index in [0.29, 0.717) is 30.9 Å². The molecule has 0 aliphatic carbocycles. The van der Waals surface area contributed by atoms with Gasteiger partial charge in [0.05, 0.1) is 11.7 Å². The van der Waals surface area contributed by atoms with Gasteiger partial charge >= 0.3 is 0 Å². The lowest BCUT2D eigenvalue weighted by Crippen LogP contribution is -2.50. The number of para-hydroxylation sites is 1. The molecule has 0 radical (unpaired) electrons. The van der Waals surface area contributed by atoms with E-state index in [1.54, 1.807) is 6.07 Å². The molecular formula is C27H28FN3O3. The second-order valence-corrected chi connectivity index (χ2v) is 8.68. The number of ether oxygens (including phenoxy) is 2. The normalized spacial score (nSPS) is 16.4. The summed E-state index contributed by atoms with van der Waals surface area (Å²) in [5.74, 6) is 1.15. The van der Waals surface area contributed by atoms with E-state index in [0.717, 1.165) is 35.7 Å². The first-order valence-corrected chi connectivity index (χ1v) is 11.6. The molecule has 7 heteroatoms. The van der Waals surface area contributed by atoms with Gasteiger partial charge in [-0.2, -0.15) is 0 Å². The van der Waals surface area contributed by atoms with Crippen LogP contribution in [0.5, 0.6) is 11.5 Å². The molecule has 5 rings (SSSR count). The van der Waals surface area contributed by atoms with Crippen LogP contribution in [0.25, 0.3) is 0 Å². The smallest absolute Gasteiger partial charge is 0.251 e. The van der Waals surface area contributed by atoms with Gasteiger partial charge in [-0.3, -0.25) is 9.69 Å². The van der Waals surface area contributed by atoms with Crippen molar-refractivity contribution in [3.05, 3.63) is 89.2 Å². The van der Waals surface area contributed by atoms with Crippen LogP contribution in [-0.2, 0) is 0 Å². The number of hydrogen-bond donors (Lipinski definition) is 1. The van der Waals surface area contributed by atoms with Crippen LogP contribution in [0.15, 0.2) is 66.7 Å². The zero-order valence-electron chi connectivity index (χ0n) is 19.2. The van der Waals surface area contributed by atoms with Crippen LogP contribution >= 0.6 is 0 Å². The summed E-state index contributed by atoms with van der Waals surface area (Å²) >= 11 is 0. The number of amides is 1. The highest BCUT2D eigenvalue weighted by molar-refractivity contribution is 5.94. The number of rotatable bonds is 6. The van der Waals surface area contributed by atoms with E-state index in [2.05, 4.69) is 15.1 Å². The molecular weight excluding hydrogens is 433 g/mol. The summed E-state index contributed by atoms with van der Waals surface area (Å²) in [5, 5.41) is 3.11. The summed E-state index contributed by atoms with van der Waals surface area (Å²) in [7, 11) is 0. The van der Waals surface area contributed by atoms with Gasteiger partial charge in [0.25, 0.3) is 5.91 Å². The van der Waals surface area contributed by atoms with Gasteiger partial charge in [-0.05, 0) is 48.9 Å². The monoisotopic (exact) mass is 461 g/mol. The Bertz CT molecular complexity index is 1160. The van der Waals surface area contributed by atoms with E-state index in [4.69, 9.17) is 9.47 Å². The molecule has 1 fully saturated rings. The van der Waals surface area contributed by atoms with Gasteiger partial charge < -0.3 is 19.7 Å². The van der Waals surface area contributed by atoms with E-state index in [1.165, 1.54) is 6.07 Å². The second kappa shape index (κ2) is 9.73. The van der Waals surface area contributed by atoms with E-state index in [9.17, 15) is 9.18 Å².